The van der Waals surface area contributed by atoms with E-state index in [0.29, 0.717) is 6.04 Å². The Morgan fingerprint density at radius 3 is 2.44 bits per heavy atom. The van der Waals surface area contributed by atoms with Crippen LogP contribution in [0, 0.1) is 5.92 Å². The van der Waals surface area contributed by atoms with Gasteiger partial charge in [-0.3, -0.25) is 9.80 Å². The summed E-state index contributed by atoms with van der Waals surface area (Å²) in [6.07, 6.45) is 6.92. The van der Waals surface area contributed by atoms with Crippen molar-refractivity contribution in [3.63, 3.8) is 0 Å². The zero-order valence-electron chi connectivity index (χ0n) is 12.0. The van der Waals surface area contributed by atoms with Crippen LogP contribution in [0.5, 0.6) is 0 Å². The maximum Gasteiger partial charge on any atom is 0.0241 e. The molecule has 0 amide bonds. The molecular formula is C15H29N3. The molecular weight excluding hydrogens is 222 g/mol. The molecule has 0 aromatic rings. The quantitative estimate of drug-likeness (QED) is 0.828. The van der Waals surface area contributed by atoms with E-state index in [4.69, 9.17) is 5.73 Å². The highest BCUT2D eigenvalue weighted by Gasteiger charge is 2.42. The molecule has 0 spiro atoms. The molecule has 0 bridgehead atoms. The van der Waals surface area contributed by atoms with Crippen LogP contribution in [0.4, 0.5) is 0 Å². The Hall–Kier alpha value is -0.120. The van der Waals surface area contributed by atoms with E-state index >= 15 is 0 Å². The summed E-state index contributed by atoms with van der Waals surface area (Å²) in [5.74, 6) is 0.869. The molecule has 0 aromatic heterocycles. The van der Waals surface area contributed by atoms with E-state index in [2.05, 4.69) is 23.6 Å². The van der Waals surface area contributed by atoms with E-state index in [1.165, 1.54) is 45.2 Å². The van der Waals surface area contributed by atoms with Gasteiger partial charge in [0.1, 0.15) is 0 Å². The van der Waals surface area contributed by atoms with Crippen molar-refractivity contribution in [3.8, 4) is 0 Å². The van der Waals surface area contributed by atoms with E-state index in [1.807, 2.05) is 0 Å². The Morgan fingerprint density at radius 2 is 1.78 bits per heavy atom. The van der Waals surface area contributed by atoms with Crippen molar-refractivity contribution in [2.24, 2.45) is 11.7 Å². The molecule has 3 rings (SSSR count). The highest BCUT2D eigenvalue weighted by atomic mass is 15.3. The molecule has 3 heteroatoms. The summed E-state index contributed by atoms with van der Waals surface area (Å²) < 4.78 is 0. The topological polar surface area (TPSA) is 32.5 Å². The molecule has 4 atom stereocenters. The van der Waals surface area contributed by atoms with E-state index in [9.17, 15) is 0 Å². The van der Waals surface area contributed by atoms with E-state index in [1.54, 1.807) is 0 Å². The van der Waals surface area contributed by atoms with Crippen LogP contribution in [-0.2, 0) is 0 Å². The maximum atomic E-state index is 6.01. The maximum absolute atomic E-state index is 6.01. The van der Waals surface area contributed by atoms with Crippen molar-refractivity contribution >= 4 is 0 Å². The second-order valence-corrected chi connectivity index (χ2v) is 6.92. The SMILES string of the molecule is CC1CCN(C2CC(C)N(C3CC3)C2)C(CN)C1. The molecule has 4 unspecified atom stereocenters. The number of rotatable bonds is 3. The van der Waals surface area contributed by atoms with Gasteiger partial charge in [-0.2, -0.15) is 0 Å². The summed E-state index contributed by atoms with van der Waals surface area (Å²) in [6, 6.07) is 3.14. The third-order valence-corrected chi connectivity index (χ3v) is 5.38. The number of nitrogens with two attached hydrogens (primary N) is 1. The van der Waals surface area contributed by atoms with Crippen molar-refractivity contribution in [1.29, 1.82) is 0 Å². The van der Waals surface area contributed by atoms with E-state index < -0.39 is 0 Å². The Labute approximate surface area is 112 Å². The minimum absolute atomic E-state index is 0.644. The van der Waals surface area contributed by atoms with Gasteiger partial charge in [-0.05, 0) is 51.5 Å². The largest absolute Gasteiger partial charge is 0.329 e. The average Bonchev–Trinajstić information content (AvgIpc) is 3.13. The molecule has 2 saturated heterocycles. The Balaban J connectivity index is 1.63. The van der Waals surface area contributed by atoms with Gasteiger partial charge >= 0.3 is 0 Å². The normalized spacial score (nSPS) is 43.5. The standard InChI is InChI=1S/C15H29N3/c1-11-5-6-17(14(7-11)9-16)15-8-12(2)18(10-15)13-3-4-13/h11-15H,3-10,16H2,1-2H3. The highest BCUT2D eigenvalue weighted by molar-refractivity contribution is 4.98. The fourth-order valence-corrected chi connectivity index (χ4v) is 4.16. The molecule has 104 valence electrons. The summed E-state index contributed by atoms with van der Waals surface area (Å²) in [5.41, 5.74) is 6.01. The summed E-state index contributed by atoms with van der Waals surface area (Å²) >= 11 is 0. The first-order chi connectivity index (χ1) is 8.69. The lowest BCUT2D eigenvalue weighted by molar-refractivity contribution is 0.0781. The minimum atomic E-state index is 0.644. The smallest absolute Gasteiger partial charge is 0.0241 e. The van der Waals surface area contributed by atoms with Gasteiger partial charge in [0, 0.05) is 37.3 Å². The first-order valence-electron chi connectivity index (χ1n) is 7.90. The summed E-state index contributed by atoms with van der Waals surface area (Å²) in [4.78, 5) is 5.51. The van der Waals surface area contributed by atoms with Gasteiger partial charge in [-0.25, -0.2) is 0 Å². The van der Waals surface area contributed by atoms with Gasteiger partial charge in [0.25, 0.3) is 0 Å². The molecule has 1 aliphatic carbocycles. The number of hydrogen-bond acceptors (Lipinski definition) is 3. The number of hydrogen-bond donors (Lipinski definition) is 1. The van der Waals surface area contributed by atoms with Crippen LogP contribution in [0.2, 0.25) is 0 Å². The minimum Gasteiger partial charge on any atom is -0.329 e. The lowest BCUT2D eigenvalue weighted by Gasteiger charge is -2.41. The zero-order chi connectivity index (χ0) is 12.7. The van der Waals surface area contributed by atoms with Crippen molar-refractivity contribution in [1.82, 2.24) is 9.80 Å². The van der Waals surface area contributed by atoms with Crippen LogP contribution in [0.15, 0.2) is 0 Å². The van der Waals surface area contributed by atoms with Crippen molar-refractivity contribution in [2.45, 2.75) is 70.1 Å². The fraction of sp³-hybridized carbons (Fsp3) is 1.00. The lowest BCUT2D eigenvalue weighted by atomic mass is 9.90. The first-order valence-corrected chi connectivity index (χ1v) is 7.90. The van der Waals surface area contributed by atoms with Crippen LogP contribution in [0.25, 0.3) is 0 Å². The van der Waals surface area contributed by atoms with Gasteiger partial charge in [0.05, 0.1) is 0 Å². The second-order valence-electron chi connectivity index (χ2n) is 6.92. The van der Waals surface area contributed by atoms with Crippen LogP contribution < -0.4 is 5.73 Å². The molecule has 2 N–H and O–H groups in total. The second kappa shape index (κ2) is 5.10. The van der Waals surface area contributed by atoms with Crippen molar-refractivity contribution in [2.75, 3.05) is 19.6 Å². The molecule has 1 saturated carbocycles. The van der Waals surface area contributed by atoms with Gasteiger partial charge in [0.15, 0.2) is 0 Å². The number of piperidine rings is 1. The van der Waals surface area contributed by atoms with Crippen LogP contribution >= 0.6 is 0 Å². The van der Waals surface area contributed by atoms with Crippen LogP contribution in [-0.4, -0.2) is 53.6 Å². The highest BCUT2D eigenvalue weighted by Crippen LogP contribution is 2.36. The molecule has 2 aliphatic heterocycles. The molecule has 0 aromatic carbocycles. The van der Waals surface area contributed by atoms with Crippen molar-refractivity contribution < 1.29 is 0 Å². The Bertz CT molecular complexity index is 289. The number of nitrogens with zero attached hydrogens (tertiary/aromatic N) is 2. The predicted octanol–water partition coefficient (Wildman–Crippen LogP) is 1.67. The molecule has 3 fully saturated rings. The monoisotopic (exact) mass is 251 g/mol. The summed E-state index contributed by atoms with van der Waals surface area (Å²) in [6.45, 7) is 8.23. The third-order valence-electron chi connectivity index (χ3n) is 5.38. The van der Waals surface area contributed by atoms with Crippen LogP contribution in [0.1, 0.15) is 46.0 Å². The lowest BCUT2D eigenvalue weighted by Crippen LogP contribution is -2.52. The van der Waals surface area contributed by atoms with E-state index in [-0.39, 0.29) is 0 Å². The van der Waals surface area contributed by atoms with Gasteiger partial charge < -0.3 is 5.73 Å². The molecule has 2 heterocycles. The van der Waals surface area contributed by atoms with Gasteiger partial charge in [-0.15, -0.1) is 0 Å². The zero-order valence-corrected chi connectivity index (χ0v) is 12.0. The molecule has 0 radical (unpaired) electrons. The Morgan fingerprint density at radius 1 is 1.00 bits per heavy atom. The summed E-state index contributed by atoms with van der Waals surface area (Å²) in [5, 5.41) is 0. The fourth-order valence-electron chi connectivity index (χ4n) is 4.16. The third kappa shape index (κ3) is 2.45. The molecule has 3 nitrogen and oxygen atoms in total. The average molecular weight is 251 g/mol. The van der Waals surface area contributed by atoms with Gasteiger partial charge in [0.2, 0.25) is 0 Å². The molecule has 3 aliphatic rings. The van der Waals surface area contributed by atoms with Crippen LogP contribution in [0.3, 0.4) is 0 Å². The number of likely N-dealkylation sites (tertiary alicyclic amines) is 2. The van der Waals surface area contributed by atoms with Crippen molar-refractivity contribution in [3.05, 3.63) is 0 Å². The summed E-state index contributed by atoms with van der Waals surface area (Å²) in [7, 11) is 0. The van der Waals surface area contributed by atoms with Gasteiger partial charge in [-0.1, -0.05) is 6.92 Å². The Kier molecular flexibility index (Phi) is 3.65. The predicted molar refractivity (Wildman–Crippen MR) is 75.5 cm³/mol. The first kappa shape index (κ1) is 12.9. The molecule has 18 heavy (non-hydrogen) atoms. The van der Waals surface area contributed by atoms with E-state index in [0.717, 1.165) is 30.6 Å².